The van der Waals surface area contributed by atoms with Crippen LogP contribution < -0.4 is 16.0 Å². The molecule has 0 aliphatic carbocycles. The van der Waals surface area contributed by atoms with E-state index in [2.05, 4.69) is 5.32 Å². The molecule has 0 radical (unpaired) electrons. The minimum Gasteiger partial charge on any atom is -0.481 e. The van der Waals surface area contributed by atoms with Crippen molar-refractivity contribution in [2.24, 2.45) is 5.73 Å². The van der Waals surface area contributed by atoms with E-state index < -0.39 is 23.4 Å². The summed E-state index contributed by atoms with van der Waals surface area (Å²) < 4.78 is 5.19. The Kier molecular flexibility index (Phi) is 8.65. The lowest BCUT2D eigenvalue weighted by Gasteiger charge is -2.46. The molecule has 192 valence electrons. The van der Waals surface area contributed by atoms with Gasteiger partial charge in [0.15, 0.2) is 5.96 Å². The van der Waals surface area contributed by atoms with Crippen molar-refractivity contribution < 1.29 is 24.2 Å². The number of hydrogen-bond acceptors (Lipinski definition) is 6. The fourth-order valence-corrected chi connectivity index (χ4v) is 4.75. The lowest BCUT2D eigenvalue weighted by molar-refractivity contribution is -0.151. The maximum atomic E-state index is 13.2. The molecule has 2 aromatic rings. The largest absolute Gasteiger partial charge is 0.481 e. The van der Waals surface area contributed by atoms with Crippen molar-refractivity contribution in [1.82, 2.24) is 4.90 Å². The summed E-state index contributed by atoms with van der Waals surface area (Å²) in [6.45, 7) is 2.83. The highest BCUT2D eigenvalue weighted by Crippen LogP contribution is 2.37. The van der Waals surface area contributed by atoms with Crippen molar-refractivity contribution in [3.8, 4) is 0 Å². The van der Waals surface area contributed by atoms with Gasteiger partial charge in [0, 0.05) is 37.4 Å². The molecule has 36 heavy (non-hydrogen) atoms. The first kappa shape index (κ1) is 26.7. The number of nitrogens with two attached hydrogens (primary N) is 1. The molecule has 1 aliphatic heterocycles. The lowest BCUT2D eigenvalue weighted by atomic mass is 9.84. The van der Waals surface area contributed by atoms with Crippen LogP contribution in [0.15, 0.2) is 54.6 Å². The van der Waals surface area contributed by atoms with Crippen molar-refractivity contribution in [3.05, 3.63) is 60.2 Å². The summed E-state index contributed by atoms with van der Waals surface area (Å²) in [6, 6.07) is 15.9. The Bertz CT molecular complexity index is 1100. The number of nitrogens with one attached hydrogen (secondary N) is 2. The smallest absolute Gasteiger partial charge is 0.332 e. The van der Waals surface area contributed by atoms with Crippen molar-refractivity contribution >= 4 is 35.2 Å². The SMILES string of the molecule is CCC(=O)N(c1cccc(NC(=N)N)c1)C1(C(=O)OC)CCN(CC(C(=O)O)c2ccccc2)CC1. The minimum absolute atomic E-state index is 0.169. The molecule has 2 aromatic carbocycles. The first-order chi connectivity index (χ1) is 17.2. The predicted octanol–water partition coefficient (Wildman–Crippen LogP) is 2.61. The quantitative estimate of drug-likeness (QED) is 0.236. The average Bonchev–Trinajstić information content (AvgIpc) is 2.87. The van der Waals surface area contributed by atoms with Crippen molar-refractivity contribution in [1.29, 1.82) is 5.41 Å². The summed E-state index contributed by atoms with van der Waals surface area (Å²) in [4.78, 5) is 42.0. The van der Waals surface area contributed by atoms with Crippen LogP contribution in [0.3, 0.4) is 0 Å². The minimum atomic E-state index is -1.25. The molecular weight excluding hydrogens is 462 g/mol. The number of rotatable bonds is 9. The molecule has 10 heteroatoms. The molecule has 1 saturated heterocycles. The number of esters is 1. The number of likely N-dealkylation sites (tertiary alicyclic amines) is 1. The van der Waals surface area contributed by atoms with Gasteiger partial charge < -0.3 is 25.8 Å². The molecule has 0 saturated carbocycles. The van der Waals surface area contributed by atoms with E-state index in [1.165, 1.54) is 12.0 Å². The predicted molar refractivity (Wildman–Crippen MR) is 137 cm³/mol. The summed E-state index contributed by atoms with van der Waals surface area (Å²) >= 11 is 0. The topological polar surface area (TPSA) is 149 Å². The zero-order chi connectivity index (χ0) is 26.3. The van der Waals surface area contributed by atoms with Crippen molar-refractivity contribution in [3.63, 3.8) is 0 Å². The molecular formula is C26H33N5O5. The monoisotopic (exact) mass is 495 g/mol. The molecule has 1 unspecified atom stereocenters. The Morgan fingerprint density at radius 1 is 1.17 bits per heavy atom. The van der Waals surface area contributed by atoms with Crippen LogP contribution in [0.2, 0.25) is 0 Å². The molecule has 1 aliphatic rings. The van der Waals surface area contributed by atoms with Crippen LogP contribution in [-0.2, 0) is 19.1 Å². The van der Waals surface area contributed by atoms with Gasteiger partial charge in [-0.2, -0.15) is 0 Å². The molecule has 1 atom stereocenters. The number of guanidine groups is 1. The second-order valence-electron chi connectivity index (χ2n) is 8.80. The van der Waals surface area contributed by atoms with Crippen LogP contribution in [0.4, 0.5) is 11.4 Å². The van der Waals surface area contributed by atoms with Crippen molar-refractivity contribution in [2.75, 3.05) is 37.0 Å². The maximum absolute atomic E-state index is 13.2. The van der Waals surface area contributed by atoms with E-state index in [1.807, 2.05) is 23.1 Å². The second kappa shape index (κ2) is 11.7. The molecule has 1 amide bonds. The van der Waals surface area contributed by atoms with Gasteiger partial charge in [0.2, 0.25) is 5.91 Å². The van der Waals surface area contributed by atoms with Gasteiger partial charge in [0.25, 0.3) is 0 Å². The normalized spacial score (nSPS) is 15.9. The van der Waals surface area contributed by atoms with Crippen LogP contribution in [0.5, 0.6) is 0 Å². The molecule has 1 heterocycles. The molecule has 5 N–H and O–H groups in total. The Morgan fingerprint density at radius 2 is 1.83 bits per heavy atom. The summed E-state index contributed by atoms with van der Waals surface area (Å²) in [5.74, 6) is -2.64. The highest BCUT2D eigenvalue weighted by atomic mass is 16.5. The Morgan fingerprint density at radius 3 is 2.39 bits per heavy atom. The number of piperidine rings is 1. The van der Waals surface area contributed by atoms with Gasteiger partial charge in [0.1, 0.15) is 5.54 Å². The Labute approximate surface area is 210 Å². The first-order valence-corrected chi connectivity index (χ1v) is 11.8. The average molecular weight is 496 g/mol. The number of carbonyl (C=O) groups excluding carboxylic acids is 2. The van der Waals surface area contributed by atoms with Gasteiger partial charge in [-0.25, -0.2) is 4.79 Å². The van der Waals surface area contributed by atoms with Crippen LogP contribution in [0, 0.1) is 5.41 Å². The molecule has 10 nitrogen and oxygen atoms in total. The van der Waals surface area contributed by atoms with E-state index in [-0.39, 0.29) is 37.7 Å². The standard InChI is InChI=1S/C26H33N5O5/c1-3-22(32)31(20-11-7-10-19(16-20)29-25(27)28)26(24(35)36-2)12-14-30(15-13-26)17-21(23(33)34)18-8-5-4-6-9-18/h4-11,16,21H,3,12-15,17H2,1-2H3,(H,33,34)(H4,27,28,29). The van der Waals surface area contributed by atoms with E-state index in [0.29, 0.717) is 30.0 Å². The number of hydrogen-bond donors (Lipinski definition) is 4. The Hall–Kier alpha value is -3.92. The van der Waals surface area contributed by atoms with Crippen LogP contribution >= 0.6 is 0 Å². The molecule has 0 bridgehead atoms. The fourth-order valence-electron chi connectivity index (χ4n) is 4.75. The molecule has 3 rings (SSSR count). The number of carboxylic acids is 1. The summed E-state index contributed by atoms with van der Waals surface area (Å²) in [7, 11) is 1.30. The summed E-state index contributed by atoms with van der Waals surface area (Å²) in [5.41, 5.74) is 5.93. The van der Waals surface area contributed by atoms with E-state index in [4.69, 9.17) is 15.9 Å². The summed E-state index contributed by atoms with van der Waals surface area (Å²) in [5, 5.41) is 20.0. The third-order valence-corrected chi connectivity index (χ3v) is 6.55. The van der Waals surface area contributed by atoms with Gasteiger partial charge in [-0.15, -0.1) is 0 Å². The number of carbonyl (C=O) groups is 3. The zero-order valence-electron chi connectivity index (χ0n) is 20.6. The highest BCUT2D eigenvalue weighted by molar-refractivity contribution is 6.02. The number of benzene rings is 2. The maximum Gasteiger partial charge on any atom is 0.332 e. The number of amides is 1. The molecule has 1 fully saturated rings. The van der Waals surface area contributed by atoms with E-state index in [9.17, 15) is 19.5 Å². The number of anilines is 2. The van der Waals surface area contributed by atoms with Crippen LogP contribution in [0.1, 0.15) is 37.7 Å². The van der Waals surface area contributed by atoms with Gasteiger partial charge in [0.05, 0.1) is 13.0 Å². The second-order valence-corrected chi connectivity index (χ2v) is 8.80. The van der Waals surface area contributed by atoms with Gasteiger partial charge in [-0.1, -0.05) is 43.3 Å². The van der Waals surface area contributed by atoms with Crippen LogP contribution in [-0.4, -0.2) is 66.1 Å². The zero-order valence-corrected chi connectivity index (χ0v) is 20.6. The highest BCUT2D eigenvalue weighted by Gasteiger charge is 2.50. The fraction of sp³-hybridized carbons (Fsp3) is 0.385. The van der Waals surface area contributed by atoms with Gasteiger partial charge in [-0.05, 0) is 36.6 Å². The van der Waals surface area contributed by atoms with Gasteiger partial charge in [-0.3, -0.25) is 19.9 Å². The number of aliphatic carboxylic acids is 1. The number of methoxy groups -OCH3 is 1. The molecule has 0 aromatic heterocycles. The lowest BCUT2D eigenvalue weighted by Crippen LogP contribution is -2.63. The Balaban J connectivity index is 1.90. The van der Waals surface area contributed by atoms with E-state index in [1.54, 1.807) is 43.3 Å². The van der Waals surface area contributed by atoms with Crippen molar-refractivity contribution in [2.45, 2.75) is 37.6 Å². The number of ether oxygens (including phenoxy) is 1. The van der Waals surface area contributed by atoms with E-state index >= 15 is 0 Å². The molecule has 0 spiro atoms. The first-order valence-electron chi connectivity index (χ1n) is 11.8. The van der Waals surface area contributed by atoms with Crippen LogP contribution in [0.25, 0.3) is 0 Å². The van der Waals surface area contributed by atoms with Gasteiger partial charge >= 0.3 is 11.9 Å². The number of carboxylic acid groups (broad SMARTS) is 1. The third kappa shape index (κ3) is 5.83. The van der Waals surface area contributed by atoms with E-state index in [0.717, 1.165) is 0 Å². The summed E-state index contributed by atoms with van der Waals surface area (Å²) in [6.07, 6.45) is 0.718. The third-order valence-electron chi connectivity index (χ3n) is 6.55. The number of nitrogens with zero attached hydrogens (tertiary/aromatic N) is 2.